The zero-order valence-corrected chi connectivity index (χ0v) is 17.2. The van der Waals surface area contributed by atoms with Crippen LogP contribution in [0.25, 0.3) is 38.8 Å². The lowest BCUT2D eigenvalue weighted by Gasteiger charge is -2.09. The predicted molar refractivity (Wildman–Crippen MR) is 116 cm³/mol. The maximum absolute atomic E-state index is 14.4. The van der Waals surface area contributed by atoms with Crippen LogP contribution in [0.3, 0.4) is 0 Å². The van der Waals surface area contributed by atoms with E-state index in [1.165, 1.54) is 18.5 Å². The largest absolute Gasteiger partial charge is 0.481 e. The molecule has 8 nitrogen and oxygen atoms in total. The van der Waals surface area contributed by atoms with Gasteiger partial charge in [-0.15, -0.1) is 4.99 Å². The Balaban J connectivity index is 1.91. The van der Waals surface area contributed by atoms with Crippen molar-refractivity contribution in [2.75, 3.05) is 7.11 Å². The van der Waals surface area contributed by atoms with E-state index in [-0.39, 0.29) is 5.82 Å². The second-order valence-electron chi connectivity index (χ2n) is 7.04. The molecule has 4 aromatic heterocycles. The van der Waals surface area contributed by atoms with Crippen LogP contribution < -0.4 is 10.4 Å². The molecular formula is C23H16FN7O. The summed E-state index contributed by atoms with van der Waals surface area (Å²) >= 11 is 0. The van der Waals surface area contributed by atoms with Crippen LogP contribution >= 0.6 is 0 Å². The van der Waals surface area contributed by atoms with Gasteiger partial charge in [0.2, 0.25) is 17.7 Å². The zero-order valence-electron chi connectivity index (χ0n) is 17.2. The highest BCUT2D eigenvalue weighted by Gasteiger charge is 2.17. The number of halogens is 1. The monoisotopic (exact) mass is 425 g/mol. The number of aromatic nitrogens is 5. The number of benzene rings is 1. The molecule has 5 aromatic rings. The van der Waals surface area contributed by atoms with E-state index in [2.05, 4.69) is 19.9 Å². The smallest absolute Gasteiger partial charge is 0.226 e. The van der Waals surface area contributed by atoms with Crippen molar-refractivity contribution in [1.82, 2.24) is 24.1 Å². The fraction of sp³-hybridized carbons (Fsp3) is 0.0870. The first-order valence-corrected chi connectivity index (χ1v) is 9.65. The summed E-state index contributed by atoms with van der Waals surface area (Å²) < 4.78 is 23.2. The predicted octanol–water partition coefficient (Wildman–Crippen LogP) is 3.50. The van der Waals surface area contributed by atoms with Crippen molar-refractivity contribution < 1.29 is 9.13 Å². The molecule has 1 aromatic carbocycles. The van der Waals surface area contributed by atoms with Crippen molar-refractivity contribution in [3.8, 4) is 28.9 Å². The topological polar surface area (TPSA) is 93.9 Å². The molecule has 0 aliphatic heterocycles. The molecule has 0 unspecified atom stereocenters. The van der Waals surface area contributed by atoms with Crippen LogP contribution in [0.4, 0.5) is 4.39 Å². The van der Waals surface area contributed by atoms with Crippen molar-refractivity contribution in [3.63, 3.8) is 0 Å². The van der Waals surface area contributed by atoms with E-state index in [1.807, 2.05) is 42.1 Å². The third-order valence-electron chi connectivity index (χ3n) is 5.32. The number of methoxy groups -OCH3 is 1. The van der Waals surface area contributed by atoms with Crippen LogP contribution in [0.15, 0.2) is 66.2 Å². The Morgan fingerprint density at radius 1 is 1.09 bits per heavy atom. The number of pyridine rings is 3. The van der Waals surface area contributed by atoms with Gasteiger partial charge in [-0.05, 0) is 29.8 Å². The summed E-state index contributed by atoms with van der Waals surface area (Å²) in [4.78, 5) is 16.9. The summed E-state index contributed by atoms with van der Waals surface area (Å²) in [7, 11) is 3.35. The molecule has 4 heterocycles. The Kier molecular flexibility index (Phi) is 4.60. The number of rotatable bonds is 3. The number of ether oxygens (including phenoxy) is 1. The van der Waals surface area contributed by atoms with E-state index in [4.69, 9.17) is 4.74 Å². The standard InChI is InChI=1S/C23H16FN7O/c1-30-20-12-27-19-5-3-14(17-11-26-8-7-18(17)24)9-16(19)22(20)31(23(30)29-13-25)15-4-6-21(32-2)28-10-15/h3-12H,1-2H3/b29-23-. The normalized spacial score (nSPS) is 11.8. The van der Waals surface area contributed by atoms with Crippen LogP contribution in [-0.4, -0.2) is 31.2 Å². The molecule has 5 rings (SSSR count). The van der Waals surface area contributed by atoms with Crippen LogP contribution in [0, 0.1) is 17.3 Å². The number of hydrogen-bond acceptors (Lipinski definition) is 6. The van der Waals surface area contributed by atoms with Crippen LogP contribution in [-0.2, 0) is 7.05 Å². The molecule has 0 spiro atoms. The molecule has 156 valence electrons. The Hall–Kier alpha value is -4.58. The SMILES string of the molecule is COc1ccc(-n2/c(=N\C#N)n(C)c3cnc4ccc(-c5cnccc5F)cc4c32)cn1. The van der Waals surface area contributed by atoms with Gasteiger partial charge >= 0.3 is 0 Å². The Labute approximate surface area is 181 Å². The molecule has 32 heavy (non-hydrogen) atoms. The molecule has 9 heteroatoms. The highest BCUT2D eigenvalue weighted by molar-refractivity contribution is 6.04. The number of aryl methyl sites for hydroxylation is 1. The van der Waals surface area contributed by atoms with Gasteiger partial charge in [0, 0.05) is 36.5 Å². The summed E-state index contributed by atoms with van der Waals surface area (Å²) in [5, 5.41) is 10.1. The summed E-state index contributed by atoms with van der Waals surface area (Å²) in [6, 6.07) is 10.4. The second-order valence-corrected chi connectivity index (χ2v) is 7.04. The van der Waals surface area contributed by atoms with Gasteiger partial charge in [0.05, 0.1) is 41.7 Å². The summed E-state index contributed by atoms with van der Waals surface area (Å²) in [6.07, 6.45) is 8.15. The van der Waals surface area contributed by atoms with E-state index in [0.717, 1.165) is 21.9 Å². The van der Waals surface area contributed by atoms with Crippen molar-refractivity contribution in [2.45, 2.75) is 0 Å². The van der Waals surface area contributed by atoms with Gasteiger partial charge in [0.15, 0.2) is 0 Å². The lowest BCUT2D eigenvalue weighted by atomic mass is 10.0. The number of fused-ring (bicyclic) bond motifs is 3. The van der Waals surface area contributed by atoms with Gasteiger partial charge in [0.25, 0.3) is 0 Å². The average molecular weight is 425 g/mol. The van der Waals surface area contributed by atoms with E-state index in [0.29, 0.717) is 28.3 Å². The molecule has 0 aliphatic carbocycles. The molecular weight excluding hydrogens is 409 g/mol. The molecule has 0 saturated carbocycles. The first-order valence-electron chi connectivity index (χ1n) is 9.65. The minimum atomic E-state index is -0.361. The third-order valence-corrected chi connectivity index (χ3v) is 5.32. The number of imidazole rings is 1. The van der Waals surface area contributed by atoms with Crippen molar-refractivity contribution >= 4 is 21.9 Å². The summed E-state index contributed by atoms with van der Waals surface area (Å²) in [5.41, 5.74) is 4.39. The minimum Gasteiger partial charge on any atom is -0.481 e. The van der Waals surface area contributed by atoms with Crippen LogP contribution in [0.2, 0.25) is 0 Å². The molecule has 0 radical (unpaired) electrons. The molecule has 0 aliphatic rings. The van der Waals surface area contributed by atoms with Crippen molar-refractivity contribution in [2.24, 2.45) is 12.0 Å². The van der Waals surface area contributed by atoms with E-state index in [9.17, 15) is 9.65 Å². The second kappa shape index (κ2) is 7.59. The number of nitriles is 1. The highest BCUT2D eigenvalue weighted by atomic mass is 19.1. The van der Waals surface area contributed by atoms with Gasteiger partial charge < -0.3 is 9.30 Å². The quantitative estimate of drug-likeness (QED) is 0.413. The van der Waals surface area contributed by atoms with E-state index >= 15 is 0 Å². The molecule has 0 fully saturated rings. The Morgan fingerprint density at radius 3 is 2.69 bits per heavy atom. The zero-order chi connectivity index (χ0) is 22.2. The van der Waals surface area contributed by atoms with Gasteiger partial charge in [-0.2, -0.15) is 5.26 Å². The van der Waals surface area contributed by atoms with Gasteiger partial charge in [-0.25, -0.2) is 9.37 Å². The molecule has 0 saturated heterocycles. The summed E-state index contributed by atoms with van der Waals surface area (Å²) in [5.74, 6) is 0.106. The lowest BCUT2D eigenvalue weighted by Crippen LogP contribution is -2.22. The van der Waals surface area contributed by atoms with Crippen molar-refractivity contribution in [3.05, 3.63) is 72.6 Å². The van der Waals surface area contributed by atoms with E-state index in [1.54, 1.807) is 30.1 Å². The average Bonchev–Trinajstić information content (AvgIpc) is 3.11. The van der Waals surface area contributed by atoms with Gasteiger partial charge in [-0.3, -0.25) is 14.5 Å². The van der Waals surface area contributed by atoms with E-state index < -0.39 is 0 Å². The third kappa shape index (κ3) is 2.97. The first kappa shape index (κ1) is 19.4. The minimum absolute atomic E-state index is 0.361. The summed E-state index contributed by atoms with van der Waals surface area (Å²) in [6.45, 7) is 0. The van der Waals surface area contributed by atoms with Crippen LogP contribution in [0.5, 0.6) is 5.88 Å². The van der Waals surface area contributed by atoms with Gasteiger partial charge in [-0.1, -0.05) is 6.07 Å². The molecule has 0 N–H and O–H groups in total. The fourth-order valence-corrected chi connectivity index (χ4v) is 3.80. The lowest BCUT2D eigenvalue weighted by molar-refractivity contribution is 0.398. The maximum Gasteiger partial charge on any atom is 0.226 e. The molecule has 0 amide bonds. The van der Waals surface area contributed by atoms with Gasteiger partial charge in [0.1, 0.15) is 5.82 Å². The first-order chi connectivity index (χ1) is 15.6. The number of hydrogen-bond donors (Lipinski definition) is 0. The Morgan fingerprint density at radius 2 is 1.97 bits per heavy atom. The van der Waals surface area contributed by atoms with Crippen molar-refractivity contribution in [1.29, 1.82) is 5.26 Å². The molecule has 0 bridgehead atoms. The number of nitrogens with zero attached hydrogens (tertiary/aromatic N) is 7. The fourth-order valence-electron chi connectivity index (χ4n) is 3.80. The maximum atomic E-state index is 14.4. The van der Waals surface area contributed by atoms with Crippen LogP contribution in [0.1, 0.15) is 0 Å². The highest BCUT2D eigenvalue weighted by Crippen LogP contribution is 2.30. The molecule has 0 atom stereocenters. The Bertz CT molecular complexity index is 1590.